The third kappa shape index (κ3) is 9.76. The monoisotopic (exact) mass is 911 g/mol. The van der Waals surface area contributed by atoms with Gasteiger partial charge in [-0.05, 0) is 127 Å². The highest BCUT2D eigenvalue weighted by atomic mass is 19.1. The number of benzene rings is 1. The Balaban J connectivity index is 1.13. The molecule has 8 rings (SSSR count). The minimum absolute atomic E-state index is 0.0366. The molecule has 65 heavy (non-hydrogen) atoms. The Morgan fingerprint density at radius 2 is 1.62 bits per heavy atom. The standard InChI is InChI=1S/C49H71FN4O11/c1-10-30-12-11-13-39(65-41-19-18-38(53(5)6)26(3)61-41)25(2)44(56)36-22-33-32-20-31(64-49-48(60-9)47(59-8)46(58-7)27(4)62-49)21-35(32)43(45(57)42(33)34(36)23-40(55)63-30)54-24-37(51-52-54)28-14-16-29(50)17-15-28/h14-17,22,24-27,30-35,38-39,41-43,45-49,57H,10-13,18-21,23H2,1-9H3/t25-,26?,27?,30+,31+,32+,33+,34-,35-,38+,39+,41+,42-,43?,45?,46+,47?,48+,49+/m1/s1. The van der Waals surface area contributed by atoms with Crippen LogP contribution in [-0.4, -0.2) is 146 Å². The number of carbonyl (C=O) groups is 2. The number of likely N-dealkylation sites (N-methyl/N-ethyl adjacent to an activating group) is 1. The summed E-state index contributed by atoms with van der Waals surface area (Å²) in [6.45, 7) is 7.96. The molecule has 0 bridgehead atoms. The molecule has 15 nitrogen and oxygen atoms in total. The van der Waals surface area contributed by atoms with Crippen LogP contribution in [0, 0.1) is 41.3 Å². The van der Waals surface area contributed by atoms with Gasteiger partial charge in [0.1, 0.15) is 35.9 Å². The van der Waals surface area contributed by atoms with Crippen molar-refractivity contribution in [2.45, 2.75) is 165 Å². The van der Waals surface area contributed by atoms with E-state index in [1.807, 2.05) is 20.8 Å². The highest BCUT2D eigenvalue weighted by Crippen LogP contribution is 2.60. The number of ketones is 1. The first-order valence-electron chi connectivity index (χ1n) is 23.9. The highest BCUT2D eigenvalue weighted by molar-refractivity contribution is 5.99. The second-order valence-corrected chi connectivity index (χ2v) is 19.7. The SMILES string of the molecule is CC[C@H]1CCC[C@H](O[C@H]2CC[C@H](N(C)C)C(C)O2)[C@@H](C)C(=O)C2=C[C@H]3[C@@H]4C[C@H](O[C@@H]5OC(C)[C@H](OC)C(OC)[C@@H]5OC)C[C@H]4C(n4cc(-c5ccc(F)cc5)nn4)C(O)[C@H]3[C@@H]2CC(=O)O1. The van der Waals surface area contributed by atoms with E-state index in [4.69, 9.17) is 37.9 Å². The number of Topliss-reactive ketones (excluding diaryl/α,β-unsaturated/α-hetero) is 1. The molecule has 5 unspecified atom stereocenters. The summed E-state index contributed by atoms with van der Waals surface area (Å²) < 4.78 is 66.0. The van der Waals surface area contributed by atoms with Gasteiger partial charge in [0, 0.05) is 50.7 Å². The second-order valence-electron chi connectivity index (χ2n) is 19.7. The van der Waals surface area contributed by atoms with Gasteiger partial charge in [-0.3, -0.25) is 9.59 Å². The molecule has 3 aliphatic heterocycles. The number of fused-ring (bicyclic) bond motifs is 5. The first-order chi connectivity index (χ1) is 31.2. The van der Waals surface area contributed by atoms with E-state index in [0.29, 0.717) is 48.9 Å². The van der Waals surface area contributed by atoms with E-state index in [0.717, 1.165) is 19.3 Å². The van der Waals surface area contributed by atoms with E-state index in [9.17, 15) is 14.3 Å². The molecule has 19 atom stereocenters. The molecular formula is C49H71FN4O11. The maximum atomic E-state index is 15.2. The molecule has 2 saturated carbocycles. The third-order valence-corrected chi connectivity index (χ3v) is 15.8. The van der Waals surface area contributed by atoms with Crippen LogP contribution in [-0.2, 0) is 47.5 Å². The first-order valence-corrected chi connectivity index (χ1v) is 23.9. The average molecular weight is 911 g/mol. The average Bonchev–Trinajstić information content (AvgIpc) is 4.03. The van der Waals surface area contributed by atoms with E-state index < -0.39 is 60.8 Å². The lowest BCUT2D eigenvalue weighted by Gasteiger charge is -2.46. The van der Waals surface area contributed by atoms with Gasteiger partial charge in [0.2, 0.25) is 0 Å². The first kappa shape index (κ1) is 48.3. The number of methoxy groups -OCH3 is 3. The number of halogens is 1. The van der Waals surface area contributed by atoms with Gasteiger partial charge in [-0.2, -0.15) is 0 Å². The van der Waals surface area contributed by atoms with Crippen LogP contribution in [0.25, 0.3) is 11.3 Å². The van der Waals surface area contributed by atoms with Crippen LogP contribution in [0.2, 0.25) is 0 Å². The summed E-state index contributed by atoms with van der Waals surface area (Å²) in [5.41, 5.74) is 1.75. The van der Waals surface area contributed by atoms with E-state index in [1.54, 1.807) is 44.3 Å². The summed E-state index contributed by atoms with van der Waals surface area (Å²) in [6.07, 6.45) is 4.10. The zero-order valence-corrected chi connectivity index (χ0v) is 39.5. The quantitative estimate of drug-likeness (QED) is 0.264. The largest absolute Gasteiger partial charge is 0.462 e. The van der Waals surface area contributed by atoms with Crippen molar-refractivity contribution in [2.75, 3.05) is 35.4 Å². The van der Waals surface area contributed by atoms with Crippen molar-refractivity contribution < 1.29 is 57.0 Å². The maximum absolute atomic E-state index is 15.2. The zero-order valence-electron chi connectivity index (χ0n) is 39.5. The Morgan fingerprint density at radius 1 is 0.892 bits per heavy atom. The van der Waals surface area contributed by atoms with Crippen molar-refractivity contribution in [3.05, 3.63) is 47.9 Å². The van der Waals surface area contributed by atoms with Gasteiger partial charge in [-0.25, -0.2) is 9.07 Å². The number of aliphatic hydroxyl groups is 1. The summed E-state index contributed by atoms with van der Waals surface area (Å²) in [7, 11) is 8.97. The van der Waals surface area contributed by atoms with Crippen LogP contribution in [0.4, 0.5) is 4.39 Å². The molecular weight excluding hydrogens is 840 g/mol. The van der Waals surface area contributed by atoms with E-state index in [-0.39, 0.29) is 78.3 Å². The number of aromatic nitrogens is 3. The fraction of sp³-hybridized carbons (Fsp3) is 0.755. The van der Waals surface area contributed by atoms with Crippen molar-refractivity contribution in [3.8, 4) is 11.3 Å². The maximum Gasteiger partial charge on any atom is 0.306 e. The van der Waals surface area contributed by atoms with Crippen LogP contribution in [0.15, 0.2) is 42.1 Å². The molecule has 360 valence electrons. The molecule has 2 aromatic rings. The normalized spacial score (nSPS) is 41.5. The summed E-state index contributed by atoms with van der Waals surface area (Å²) >= 11 is 0. The number of aliphatic hydroxyl groups excluding tert-OH is 1. The Labute approximate surface area is 382 Å². The zero-order chi connectivity index (χ0) is 46.3. The predicted octanol–water partition coefficient (Wildman–Crippen LogP) is 5.93. The van der Waals surface area contributed by atoms with E-state index >= 15 is 4.79 Å². The number of carbonyl (C=O) groups excluding carboxylic acids is 2. The topological polar surface area (TPSA) is 162 Å². The van der Waals surface area contributed by atoms with Gasteiger partial charge < -0.3 is 47.9 Å². The molecule has 6 aliphatic rings. The summed E-state index contributed by atoms with van der Waals surface area (Å²) in [5, 5.41) is 22.0. The minimum atomic E-state index is -1.04. The Hall–Kier alpha value is -3.19. The Bertz CT molecular complexity index is 1970. The van der Waals surface area contributed by atoms with Crippen molar-refractivity contribution in [3.63, 3.8) is 0 Å². The lowest BCUT2D eigenvalue weighted by molar-refractivity contribution is -0.314. The van der Waals surface area contributed by atoms with Crippen LogP contribution in [0.1, 0.15) is 91.5 Å². The Morgan fingerprint density at radius 3 is 2.29 bits per heavy atom. The molecule has 1 aromatic heterocycles. The molecule has 1 aromatic carbocycles. The van der Waals surface area contributed by atoms with E-state index in [2.05, 4.69) is 42.3 Å². The van der Waals surface area contributed by atoms with Gasteiger partial charge in [-0.1, -0.05) is 25.1 Å². The number of cyclic esters (lactones) is 1. The van der Waals surface area contributed by atoms with Gasteiger partial charge in [0.25, 0.3) is 0 Å². The number of hydrogen-bond donors (Lipinski definition) is 1. The number of nitrogens with zero attached hydrogens (tertiary/aromatic N) is 4. The number of allylic oxidation sites excluding steroid dienone is 2. The third-order valence-electron chi connectivity index (χ3n) is 15.8. The predicted molar refractivity (Wildman–Crippen MR) is 236 cm³/mol. The van der Waals surface area contributed by atoms with E-state index in [1.165, 1.54) is 12.1 Å². The lowest BCUT2D eigenvalue weighted by Crippen LogP contribution is -2.59. The molecule has 0 amide bonds. The van der Waals surface area contributed by atoms with Crippen LogP contribution in [0.3, 0.4) is 0 Å². The molecule has 3 saturated heterocycles. The molecule has 5 fully saturated rings. The lowest BCUT2D eigenvalue weighted by atomic mass is 9.62. The van der Waals surface area contributed by atoms with Crippen molar-refractivity contribution >= 4 is 11.8 Å². The van der Waals surface area contributed by atoms with Gasteiger partial charge in [0.05, 0.1) is 49.2 Å². The molecule has 4 heterocycles. The van der Waals surface area contributed by atoms with Gasteiger partial charge >= 0.3 is 5.97 Å². The fourth-order valence-electron chi connectivity index (χ4n) is 12.5. The smallest absolute Gasteiger partial charge is 0.306 e. The van der Waals surface area contributed by atoms with Crippen molar-refractivity contribution in [1.82, 2.24) is 19.9 Å². The van der Waals surface area contributed by atoms with Crippen LogP contribution in [0.5, 0.6) is 0 Å². The molecule has 16 heteroatoms. The minimum Gasteiger partial charge on any atom is -0.462 e. The Kier molecular flexibility index (Phi) is 15.3. The molecule has 0 spiro atoms. The molecule has 1 N–H and O–H groups in total. The van der Waals surface area contributed by atoms with Crippen LogP contribution < -0.4 is 0 Å². The summed E-state index contributed by atoms with van der Waals surface area (Å²) in [4.78, 5) is 31.4. The molecule has 0 radical (unpaired) electrons. The van der Waals surface area contributed by atoms with Crippen LogP contribution >= 0.6 is 0 Å². The summed E-state index contributed by atoms with van der Waals surface area (Å²) in [5.74, 6) is -3.05. The number of esters is 1. The number of rotatable bonds is 11. The fourth-order valence-corrected chi connectivity index (χ4v) is 12.5. The summed E-state index contributed by atoms with van der Waals surface area (Å²) in [6, 6.07) is 5.73. The van der Waals surface area contributed by atoms with Gasteiger partial charge in [0.15, 0.2) is 18.4 Å². The molecule has 3 aliphatic carbocycles. The number of hydrogen-bond acceptors (Lipinski definition) is 14. The van der Waals surface area contributed by atoms with Crippen molar-refractivity contribution in [1.29, 1.82) is 0 Å². The second kappa shape index (κ2) is 20.6. The highest BCUT2D eigenvalue weighted by Gasteiger charge is 2.60. The van der Waals surface area contributed by atoms with Gasteiger partial charge in [-0.15, -0.1) is 5.10 Å². The number of ether oxygens (including phenoxy) is 8. The van der Waals surface area contributed by atoms with Crippen molar-refractivity contribution in [2.24, 2.45) is 35.5 Å².